The van der Waals surface area contributed by atoms with Crippen molar-refractivity contribution in [1.29, 1.82) is 0 Å². The van der Waals surface area contributed by atoms with Crippen molar-refractivity contribution < 1.29 is 14.3 Å². The zero-order valence-corrected chi connectivity index (χ0v) is 14.8. The second-order valence-electron chi connectivity index (χ2n) is 6.18. The minimum Gasteiger partial charge on any atom is -0.506 e. The number of allylic oxidation sites excluding steroid dienone is 1. The van der Waals surface area contributed by atoms with Gasteiger partial charge in [0.1, 0.15) is 16.9 Å². The molecule has 1 saturated heterocycles. The van der Waals surface area contributed by atoms with Crippen LogP contribution in [0.4, 0.5) is 5.00 Å². The van der Waals surface area contributed by atoms with Gasteiger partial charge >= 0.3 is 5.63 Å². The molecule has 0 spiro atoms. The van der Waals surface area contributed by atoms with Gasteiger partial charge in [-0.25, -0.2) is 4.79 Å². The van der Waals surface area contributed by atoms with Crippen LogP contribution in [-0.2, 0) is 0 Å². The SMILES string of the molecule is O=C(/C=C/c1ccc(N2CCCC2)s1)c1c(O)c2ccccc2oc1=O. The van der Waals surface area contributed by atoms with Crippen LogP contribution < -0.4 is 10.5 Å². The van der Waals surface area contributed by atoms with Crippen LogP contribution in [0.25, 0.3) is 17.0 Å². The van der Waals surface area contributed by atoms with Crippen molar-refractivity contribution in [3.63, 3.8) is 0 Å². The topological polar surface area (TPSA) is 70.8 Å². The Labute approximate surface area is 153 Å². The minimum absolute atomic E-state index is 0.254. The summed E-state index contributed by atoms with van der Waals surface area (Å²) in [6.45, 7) is 2.13. The van der Waals surface area contributed by atoms with E-state index in [0.717, 1.165) is 18.0 Å². The molecule has 0 amide bonds. The number of para-hydroxylation sites is 1. The summed E-state index contributed by atoms with van der Waals surface area (Å²) in [5, 5.41) is 11.9. The molecule has 0 unspecified atom stereocenters. The zero-order valence-electron chi connectivity index (χ0n) is 14.0. The molecule has 0 aliphatic carbocycles. The molecule has 1 fully saturated rings. The van der Waals surface area contributed by atoms with Gasteiger partial charge < -0.3 is 14.4 Å². The maximum atomic E-state index is 12.5. The molecule has 1 aliphatic heterocycles. The highest BCUT2D eigenvalue weighted by molar-refractivity contribution is 7.16. The van der Waals surface area contributed by atoms with Gasteiger partial charge in [0.2, 0.25) is 0 Å². The summed E-state index contributed by atoms with van der Waals surface area (Å²) < 4.78 is 5.14. The third-order valence-electron chi connectivity index (χ3n) is 4.46. The Balaban J connectivity index is 1.61. The third-order valence-corrected chi connectivity index (χ3v) is 5.57. The van der Waals surface area contributed by atoms with Crippen LogP contribution in [-0.4, -0.2) is 24.0 Å². The Morgan fingerprint density at radius 2 is 1.92 bits per heavy atom. The molecule has 1 N–H and O–H groups in total. The van der Waals surface area contributed by atoms with E-state index in [2.05, 4.69) is 4.90 Å². The number of hydrogen-bond acceptors (Lipinski definition) is 6. The van der Waals surface area contributed by atoms with Gasteiger partial charge in [-0.1, -0.05) is 12.1 Å². The first kappa shape index (κ1) is 16.6. The van der Waals surface area contributed by atoms with Gasteiger partial charge in [0.05, 0.1) is 10.4 Å². The minimum atomic E-state index is -0.834. The van der Waals surface area contributed by atoms with Gasteiger partial charge in [-0.2, -0.15) is 0 Å². The number of aromatic hydroxyl groups is 1. The van der Waals surface area contributed by atoms with Crippen molar-refractivity contribution in [2.24, 2.45) is 0 Å². The number of carbonyl (C=O) groups excluding carboxylic acids is 1. The largest absolute Gasteiger partial charge is 0.506 e. The van der Waals surface area contributed by atoms with E-state index < -0.39 is 11.4 Å². The molecule has 6 heteroatoms. The Kier molecular flexibility index (Phi) is 4.34. The van der Waals surface area contributed by atoms with Crippen molar-refractivity contribution in [2.45, 2.75) is 12.8 Å². The third kappa shape index (κ3) is 3.04. The Morgan fingerprint density at radius 3 is 2.73 bits per heavy atom. The lowest BCUT2D eigenvalue weighted by molar-refractivity contribution is 0.104. The molecular weight excluding hydrogens is 350 g/mol. The number of rotatable bonds is 4. The van der Waals surface area contributed by atoms with Crippen molar-refractivity contribution in [3.8, 4) is 5.75 Å². The second-order valence-corrected chi connectivity index (χ2v) is 7.27. The van der Waals surface area contributed by atoms with Gasteiger partial charge in [0.25, 0.3) is 0 Å². The number of carbonyl (C=O) groups is 1. The Morgan fingerprint density at radius 1 is 1.15 bits per heavy atom. The van der Waals surface area contributed by atoms with Crippen LogP contribution in [0.15, 0.2) is 51.7 Å². The van der Waals surface area contributed by atoms with E-state index in [9.17, 15) is 14.7 Å². The number of fused-ring (bicyclic) bond motifs is 1. The highest BCUT2D eigenvalue weighted by atomic mass is 32.1. The lowest BCUT2D eigenvalue weighted by Gasteiger charge is -2.13. The number of hydrogen-bond donors (Lipinski definition) is 1. The van der Waals surface area contributed by atoms with Gasteiger partial charge in [-0.15, -0.1) is 11.3 Å². The maximum Gasteiger partial charge on any atom is 0.351 e. The molecule has 1 aliphatic rings. The summed E-state index contributed by atoms with van der Waals surface area (Å²) in [5.41, 5.74) is -0.917. The number of anilines is 1. The molecule has 5 nitrogen and oxygen atoms in total. The summed E-state index contributed by atoms with van der Waals surface area (Å²) in [4.78, 5) is 27.8. The molecule has 3 heterocycles. The summed E-state index contributed by atoms with van der Waals surface area (Å²) in [5.74, 6) is -0.909. The summed E-state index contributed by atoms with van der Waals surface area (Å²) in [7, 11) is 0. The van der Waals surface area contributed by atoms with Gasteiger partial charge in [0, 0.05) is 18.0 Å². The monoisotopic (exact) mass is 367 g/mol. The average Bonchev–Trinajstić information content (AvgIpc) is 3.31. The van der Waals surface area contributed by atoms with Gasteiger partial charge in [-0.05, 0) is 49.3 Å². The lowest BCUT2D eigenvalue weighted by atomic mass is 10.1. The van der Waals surface area contributed by atoms with E-state index in [-0.39, 0.29) is 16.9 Å². The van der Waals surface area contributed by atoms with Crippen LogP contribution in [0.2, 0.25) is 0 Å². The molecule has 3 aromatic rings. The predicted molar refractivity (Wildman–Crippen MR) is 103 cm³/mol. The highest BCUT2D eigenvalue weighted by Gasteiger charge is 2.19. The van der Waals surface area contributed by atoms with E-state index >= 15 is 0 Å². The van der Waals surface area contributed by atoms with Crippen LogP contribution in [0.5, 0.6) is 5.75 Å². The molecule has 26 heavy (non-hydrogen) atoms. The Hall–Kier alpha value is -2.86. The molecular formula is C20H17NO4S. The fourth-order valence-corrected chi connectivity index (χ4v) is 4.09. The van der Waals surface area contributed by atoms with E-state index in [0.29, 0.717) is 5.39 Å². The summed E-state index contributed by atoms with van der Waals surface area (Å²) in [6, 6.07) is 10.6. The molecule has 0 bridgehead atoms. The van der Waals surface area contributed by atoms with Gasteiger partial charge in [0.15, 0.2) is 5.78 Å². The zero-order chi connectivity index (χ0) is 18.1. The first-order valence-corrected chi connectivity index (χ1v) is 9.27. The van der Waals surface area contributed by atoms with E-state index in [1.807, 2.05) is 12.1 Å². The van der Waals surface area contributed by atoms with Crippen molar-refractivity contribution in [3.05, 3.63) is 63.3 Å². The first-order valence-electron chi connectivity index (χ1n) is 8.45. The molecule has 4 rings (SSSR count). The second kappa shape index (κ2) is 6.80. The molecule has 2 aromatic heterocycles. The van der Waals surface area contributed by atoms with Gasteiger partial charge in [-0.3, -0.25) is 4.79 Å². The van der Waals surface area contributed by atoms with Crippen LogP contribution >= 0.6 is 11.3 Å². The fraction of sp³-hybridized carbons (Fsp3) is 0.200. The number of thiophene rings is 1. The average molecular weight is 367 g/mol. The lowest BCUT2D eigenvalue weighted by Crippen LogP contribution is -2.15. The van der Waals surface area contributed by atoms with E-state index in [4.69, 9.17) is 4.42 Å². The smallest absolute Gasteiger partial charge is 0.351 e. The summed E-state index contributed by atoms with van der Waals surface area (Å²) in [6.07, 6.45) is 5.39. The molecule has 0 atom stereocenters. The maximum absolute atomic E-state index is 12.5. The highest BCUT2D eigenvalue weighted by Crippen LogP contribution is 2.30. The number of benzene rings is 1. The number of nitrogens with zero attached hydrogens (tertiary/aromatic N) is 1. The summed E-state index contributed by atoms with van der Waals surface area (Å²) >= 11 is 1.60. The fourth-order valence-electron chi connectivity index (χ4n) is 3.13. The quantitative estimate of drug-likeness (QED) is 0.428. The number of ketones is 1. The molecule has 132 valence electrons. The standard InChI is InChI=1S/C20H17NO4S/c22-15(9-7-13-8-10-17(26-13)21-11-3-4-12-21)18-19(23)14-5-1-2-6-16(14)25-20(18)24/h1-2,5-10,23H,3-4,11-12H2/b9-7+. The molecule has 1 aromatic carbocycles. The Bertz CT molecular complexity index is 1060. The van der Waals surface area contributed by atoms with Crippen LogP contribution in [0.1, 0.15) is 28.1 Å². The molecule has 0 radical (unpaired) electrons. The van der Waals surface area contributed by atoms with Crippen molar-refractivity contribution >= 4 is 39.2 Å². The van der Waals surface area contributed by atoms with Crippen LogP contribution in [0, 0.1) is 0 Å². The van der Waals surface area contributed by atoms with Crippen molar-refractivity contribution in [1.82, 2.24) is 0 Å². The first-order chi connectivity index (χ1) is 12.6. The van der Waals surface area contributed by atoms with Crippen molar-refractivity contribution in [2.75, 3.05) is 18.0 Å². The van der Waals surface area contributed by atoms with E-state index in [1.54, 1.807) is 41.7 Å². The normalized spacial score (nSPS) is 14.5. The predicted octanol–water partition coefficient (Wildman–Crippen LogP) is 4.06. The van der Waals surface area contributed by atoms with Crippen LogP contribution in [0.3, 0.4) is 0 Å². The van der Waals surface area contributed by atoms with E-state index in [1.165, 1.54) is 23.9 Å². The molecule has 0 saturated carbocycles.